The Morgan fingerprint density at radius 3 is 2.21 bits per heavy atom. The topological polar surface area (TPSA) is 118 Å². The van der Waals surface area contributed by atoms with Gasteiger partial charge in [0, 0.05) is 11.4 Å². The van der Waals surface area contributed by atoms with Crippen LogP contribution >= 0.6 is 0 Å². The highest BCUT2D eigenvalue weighted by atomic mass is 16.5. The van der Waals surface area contributed by atoms with Crippen molar-refractivity contribution in [3.8, 4) is 11.5 Å². The number of carbonyl (C=O) groups is 3. The molecule has 3 aromatic carbocycles. The number of nitrogens with one attached hydrogen (secondary N) is 3. The quantitative estimate of drug-likeness (QED) is 0.141. The molecule has 0 aromatic heterocycles. The van der Waals surface area contributed by atoms with Crippen molar-refractivity contribution in [2.24, 2.45) is 5.10 Å². The zero-order valence-electron chi connectivity index (χ0n) is 21.5. The molecule has 198 valence electrons. The molecule has 0 heterocycles. The van der Waals surface area contributed by atoms with E-state index in [1.54, 1.807) is 48.5 Å². The third kappa shape index (κ3) is 9.09. The van der Waals surface area contributed by atoms with Gasteiger partial charge in [-0.1, -0.05) is 38.5 Å². The molecule has 0 fully saturated rings. The van der Waals surface area contributed by atoms with Gasteiger partial charge in [0.2, 0.25) is 0 Å². The molecule has 9 nitrogen and oxygen atoms in total. The highest BCUT2D eigenvalue weighted by Gasteiger charge is 2.13. The Morgan fingerprint density at radius 2 is 1.50 bits per heavy atom. The Labute approximate surface area is 222 Å². The number of nitrogens with zero attached hydrogens (tertiary/aromatic N) is 1. The Hall–Kier alpha value is -4.66. The maximum absolute atomic E-state index is 12.2. The second kappa shape index (κ2) is 14.8. The molecule has 9 heteroatoms. The molecule has 0 radical (unpaired) electrons. The van der Waals surface area contributed by atoms with E-state index in [1.807, 2.05) is 31.2 Å². The number of ether oxygens (including phenoxy) is 2. The van der Waals surface area contributed by atoms with Crippen LogP contribution in [-0.2, 0) is 20.8 Å². The predicted octanol–water partition coefficient (Wildman–Crippen LogP) is 4.53. The lowest BCUT2D eigenvalue weighted by Crippen LogP contribution is -2.32. The normalized spacial score (nSPS) is 10.6. The number of hydrogen-bond acceptors (Lipinski definition) is 6. The van der Waals surface area contributed by atoms with Crippen LogP contribution in [0.15, 0.2) is 77.9 Å². The average molecular weight is 517 g/mol. The van der Waals surface area contributed by atoms with E-state index in [-0.39, 0.29) is 12.5 Å². The summed E-state index contributed by atoms with van der Waals surface area (Å²) in [6, 6.07) is 21.2. The minimum absolute atomic E-state index is 0.134. The number of amides is 3. The second-order valence-electron chi connectivity index (χ2n) is 8.30. The summed E-state index contributed by atoms with van der Waals surface area (Å²) in [5.41, 5.74) is 5.15. The lowest BCUT2D eigenvalue weighted by atomic mass is 10.1. The van der Waals surface area contributed by atoms with E-state index in [0.29, 0.717) is 29.4 Å². The highest BCUT2D eigenvalue weighted by Crippen LogP contribution is 2.17. The smallest absolute Gasteiger partial charge is 0.329 e. The first-order valence-corrected chi connectivity index (χ1v) is 12.5. The molecule has 38 heavy (non-hydrogen) atoms. The summed E-state index contributed by atoms with van der Waals surface area (Å²) < 4.78 is 11.1. The fourth-order valence-corrected chi connectivity index (χ4v) is 3.31. The summed E-state index contributed by atoms with van der Waals surface area (Å²) in [5, 5.41) is 9.18. The maximum Gasteiger partial charge on any atom is 0.329 e. The molecule has 3 rings (SSSR count). The molecular formula is C29H32N4O5. The number of unbranched alkanes of at least 4 members (excludes halogenated alkanes) is 1. The maximum atomic E-state index is 12.2. The van der Waals surface area contributed by atoms with Crippen LogP contribution in [0, 0.1) is 0 Å². The fourth-order valence-electron chi connectivity index (χ4n) is 3.31. The van der Waals surface area contributed by atoms with Crippen molar-refractivity contribution in [2.45, 2.75) is 33.1 Å². The van der Waals surface area contributed by atoms with E-state index >= 15 is 0 Å². The number of hydrogen-bond donors (Lipinski definition) is 3. The number of para-hydroxylation sites is 1. The van der Waals surface area contributed by atoms with Gasteiger partial charge in [-0.05, 0) is 78.6 Å². The first-order chi connectivity index (χ1) is 18.5. The lowest BCUT2D eigenvalue weighted by molar-refractivity contribution is -0.136. The van der Waals surface area contributed by atoms with Crippen LogP contribution in [-0.4, -0.2) is 37.1 Å². The summed E-state index contributed by atoms with van der Waals surface area (Å²) in [6.07, 6.45) is 4.21. The van der Waals surface area contributed by atoms with Gasteiger partial charge in [0.1, 0.15) is 11.5 Å². The molecule has 3 N–H and O–H groups in total. The first-order valence-electron chi connectivity index (χ1n) is 12.5. The van der Waals surface area contributed by atoms with Gasteiger partial charge >= 0.3 is 11.8 Å². The van der Waals surface area contributed by atoms with Crippen LogP contribution in [0.5, 0.6) is 11.5 Å². The summed E-state index contributed by atoms with van der Waals surface area (Å²) >= 11 is 0. The van der Waals surface area contributed by atoms with Gasteiger partial charge < -0.3 is 20.1 Å². The second-order valence-corrected chi connectivity index (χ2v) is 8.30. The third-order valence-corrected chi connectivity index (χ3v) is 5.39. The molecule has 0 atom stereocenters. The van der Waals surface area contributed by atoms with Crippen molar-refractivity contribution < 1.29 is 23.9 Å². The minimum Gasteiger partial charge on any atom is -0.494 e. The number of carbonyl (C=O) groups excluding carboxylic acids is 3. The number of hydrazone groups is 1. The van der Waals surface area contributed by atoms with Crippen molar-refractivity contribution in [3.05, 3.63) is 83.9 Å². The van der Waals surface area contributed by atoms with E-state index < -0.39 is 11.8 Å². The van der Waals surface area contributed by atoms with Gasteiger partial charge in [-0.15, -0.1) is 0 Å². The van der Waals surface area contributed by atoms with Gasteiger partial charge in [-0.2, -0.15) is 5.10 Å². The molecular weight excluding hydrogens is 484 g/mol. The standard InChI is InChI=1S/C29H32N4O5/c1-3-5-18-37-24-16-12-23(13-17-24)31-28(35)29(36)33-30-19-21-10-14-25(15-11-21)38-20-27(34)32-26-9-7-6-8-22(26)4-2/h6-17,19H,3-5,18,20H2,1-2H3,(H,31,35)(H,32,34)(H,33,36)/b30-19-. The number of aryl methyl sites for hydroxylation is 1. The molecule has 0 unspecified atom stereocenters. The lowest BCUT2D eigenvalue weighted by Gasteiger charge is -2.10. The van der Waals surface area contributed by atoms with E-state index in [1.165, 1.54) is 6.21 Å². The molecule has 0 aliphatic heterocycles. The SMILES string of the molecule is CCCCOc1ccc(NC(=O)C(=O)N/N=C\c2ccc(OCC(=O)Nc3ccccc3CC)cc2)cc1. The van der Waals surface area contributed by atoms with E-state index in [2.05, 4.69) is 28.1 Å². The molecule has 0 bridgehead atoms. The first kappa shape index (κ1) is 27.9. The Kier molecular flexibility index (Phi) is 10.9. The average Bonchev–Trinajstić information content (AvgIpc) is 2.94. The van der Waals surface area contributed by atoms with Gasteiger partial charge in [-0.3, -0.25) is 14.4 Å². The Bertz CT molecular complexity index is 1240. The predicted molar refractivity (Wildman–Crippen MR) is 148 cm³/mol. The molecule has 0 aliphatic carbocycles. The zero-order valence-corrected chi connectivity index (χ0v) is 21.5. The third-order valence-electron chi connectivity index (χ3n) is 5.39. The van der Waals surface area contributed by atoms with E-state index in [9.17, 15) is 14.4 Å². The van der Waals surface area contributed by atoms with Crippen molar-refractivity contribution in [3.63, 3.8) is 0 Å². The van der Waals surface area contributed by atoms with Crippen molar-refractivity contribution in [1.29, 1.82) is 0 Å². The van der Waals surface area contributed by atoms with Crippen LogP contribution in [0.4, 0.5) is 11.4 Å². The molecule has 0 saturated heterocycles. The molecule has 0 spiro atoms. The van der Waals surface area contributed by atoms with Crippen LogP contribution < -0.4 is 25.5 Å². The van der Waals surface area contributed by atoms with Crippen LogP contribution in [0.1, 0.15) is 37.8 Å². The van der Waals surface area contributed by atoms with E-state index in [0.717, 1.165) is 30.5 Å². The summed E-state index contributed by atoms with van der Waals surface area (Å²) in [6.45, 7) is 4.61. The Balaban J connectivity index is 1.40. The Morgan fingerprint density at radius 1 is 0.816 bits per heavy atom. The van der Waals surface area contributed by atoms with E-state index in [4.69, 9.17) is 9.47 Å². The fraction of sp³-hybridized carbons (Fsp3) is 0.241. The largest absolute Gasteiger partial charge is 0.494 e. The summed E-state index contributed by atoms with van der Waals surface area (Å²) in [7, 11) is 0. The van der Waals surface area contributed by atoms with Crippen LogP contribution in [0.2, 0.25) is 0 Å². The van der Waals surface area contributed by atoms with Crippen LogP contribution in [0.3, 0.4) is 0 Å². The summed E-state index contributed by atoms with van der Waals surface area (Å²) in [4.78, 5) is 36.4. The minimum atomic E-state index is -0.903. The number of benzene rings is 3. The van der Waals surface area contributed by atoms with Gasteiger partial charge in [0.25, 0.3) is 5.91 Å². The van der Waals surface area contributed by atoms with Gasteiger partial charge in [0.15, 0.2) is 6.61 Å². The van der Waals surface area contributed by atoms with Crippen molar-refractivity contribution in [1.82, 2.24) is 5.43 Å². The highest BCUT2D eigenvalue weighted by molar-refractivity contribution is 6.39. The summed E-state index contributed by atoms with van der Waals surface area (Å²) in [5.74, 6) is -0.798. The monoisotopic (exact) mass is 516 g/mol. The molecule has 3 aromatic rings. The molecule has 0 saturated carbocycles. The van der Waals surface area contributed by atoms with Crippen molar-refractivity contribution in [2.75, 3.05) is 23.8 Å². The van der Waals surface area contributed by atoms with Gasteiger partial charge in [0.05, 0.1) is 12.8 Å². The zero-order chi connectivity index (χ0) is 27.2. The molecule has 3 amide bonds. The number of anilines is 2. The molecule has 0 aliphatic rings. The van der Waals surface area contributed by atoms with Crippen molar-refractivity contribution >= 4 is 35.3 Å². The van der Waals surface area contributed by atoms with Gasteiger partial charge in [-0.25, -0.2) is 5.43 Å². The van der Waals surface area contributed by atoms with Crippen LogP contribution in [0.25, 0.3) is 0 Å². The number of rotatable bonds is 12.